The summed E-state index contributed by atoms with van der Waals surface area (Å²) < 4.78 is 5.97. The Hall–Kier alpha value is -11.0. The minimum atomic E-state index is -0.404. The Balaban J connectivity index is 0.818. The maximum Gasteiger partial charge on any atom is 0.258 e. The molecule has 12 heteroatoms. The van der Waals surface area contributed by atoms with Crippen LogP contribution >= 0.6 is 0 Å². The van der Waals surface area contributed by atoms with Gasteiger partial charge in [-0.25, -0.2) is 13.5 Å². The van der Waals surface area contributed by atoms with Crippen molar-refractivity contribution in [3.63, 3.8) is 0 Å². The standard InChI is InChI=1S/C69H45N9O3/c1-73(43-28-31-61-55(37-43)46-16-4-7-19-49(46)64-52-22-10-13-25-58(52)70-76(61)64)67(79)40-34-41(68(80)74(2)44-29-32-62-56(38-44)47-17-5-8-20-50(47)65-53-23-11-14-26-59(53)71-77(62)65)36-42(35-40)69(81)75(3)45-30-33-63-57(39-45)48-18-6-9-21-51(48)66-54-24-12-15-27-60(54)72-78(63)66/h4-39H,1-3H3. The van der Waals surface area contributed by atoms with E-state index in [2.05, 4.69) is 54.6 Å². The third-order valence-corrected chi connectivity index (χ3v) is 16.5. The molecule has 0 saturated carbocycles. The van der Waals surface area contributed by atoms with Gasteiger partial charge in [0.2, 0.25) is 0 Å². The van der Waals surface area contributed by atoms with E-state index in [0.29, 0.717) is 17.1 Å². The molecule has 0 aliphatic rings. The predicted molar refractivity (Wildman–Crippen MR) is 328 cm³/mol. The van der Waals surface area contributed by atoms with Crippen molar-refractivity contribution in [2.75, 3.05) is 35.8 Å². The number of amides is 3. The molecule has 16 rings (SSSR count). The van der Waals surface area contributed by atoms with Gasteiger partial charge >= 0.3 is 0 Å². The summed E-state index contributed by atoms with van der Waals surface area (Å²) in [5, 5.41) is 27.2. The van der Waals surface area contributed by atoms with Crippen molar-refractivity contribution in [2.24, 2.45) is 0 Å². The maximum absolute atomic E-state index is 15.2. The van der Waals surface area contributed by atoms with Crippen LogP contribution in [-0.2, 0) is 0 Å². The molecule has 12 nitrogen and oxygen atoms in total. The highest BCUT2D eigenvalue weighted by Crippen LogP contribution is 2.39. The van der Waals surface area contributed by atoms with E-state index < -0.39 is 17.7 Å². The van der Waals surface area contributed by atoms with Crippen molar-refractivity contribution in [3.8, 4) is 0 Å². The first kappa shape index (κ1) is 46.1. The minimum absolute atomic E-state index is 0.169. The second-order valence-electron chi connectivity index (χ2n) is 21.0. The third-order valence-electron chi connectivity index (χ3n) is 16.5. The molecule has 10 aromatic carbocycles. The monoisotopic (exact) mass is 1050 g/mol. The van der Waals surface area contributed by atoms with Crippen LogP contribution in [0.4, 0.5) is 17.1 Å². The van der Waals surface area contributed by atoms with Crippen molar-refractivity contribution >= 4 is 149 Å². The van der Waals surface area contributed by atoms with E-state index in [1.807, 2.05) is 159 Å². The van der Waals surface area contributed by atoms with Crippen molar-refractivity contribution in [2.45, 2.75) is 0 Å². The molecule has 0 N–H and O–H groups in total. The van der Waals surface area contributed by atoms with Gasteiger partial charge in [0.1, 0.15) is 0 Å². The number of hydrogen-bond acceptors (Lipinski definition) is 6. The topological polar surface area (TPSA) is 113 Å². The fraction of sp³-hybridized carbons (Fsp3) is 0.0435. The highest BCUT2D eigenvalue weighted by molar-refractivity contribution is 6.23. The summed E-state index contributed by atoms with van der Waals surface area (Å²) in [5.74, 6) is -1.21. The number of aromatic nitrogens is 6. The first-order valence-corrected chi connectivity index (χ1v) is 26.8. The number of carbonyl (C=O) groups excluding carboxylic acids is 3. The molecule has 16 aromatic rings. The van der Waals surface area contributed by atoms with Crippen LogP contribution in [0.15, 0.2) is 218 Å². The van der Waals surface area contributed by atoms with Gasteiger partial charge in [-0.2, -0.15) is 15.3 Å². The van der Waals surface area contributed by atoms with E-state index in [4.69, 9.17) is 15.3 Å². The smallest absolute Gasteiger partial charge is 0.258 e. The average molecular weight is 1050 g/mol. The number of hydrogen-bond donors (Lipinski definition) is 0. The van der Waals surface area contributed by atoms with Crippen LogP contribution in [0.3, 0.4) is 0 Å². The molecule has 0 bridgehead atoms. The molecule has 0 fully saturated rings. The molecule has 384 valence electrons. The average Bonchev–Trinajstić information content (AvgIpc) is 4.43. The van der Waals surface area contributed by atoms with Crippen LogP contribution in [0, 0.1) is 0 Å². The lowest BCUT2D eigenvalue weighted by Gasteiger charge is -2.23. The van der Waals surface area contributed by atoms with Gasteiger partial charge in [-0.1, -0.05) is 127 Å². The molecule has 3 amide bonds. The van der Waals surface area contributed by atoms with E-state index >= 15 is 14.4 Å². The van der Waals surface area contributed by atoms with Gasteiger partial charge in [0.05, 0.1) is 49.7 Å². The fourth-order valence-corrected chi connectivity index (χ4v) is 12.5. The summed E-state index contributed by atoms with van der Waals surface area (Å²) in [4.78, 5) is 50.4. The molecule has 0 unspecified atom stereocenters. The molecule has 6 heterocycles. The van der Waals surface area contributed by atoms with Gasteiger partial charge in [-0.15, -0.1) is 0 Å². The number of carbonyl (C=O) groups is 3. The first-order chi connectivity index (χ1) is 39.7. The molecule has 0 aliphatic carbocycles. The van der Waals surface area contributed by atoms with Crippen LogP contribution in [-0.4, -0.2) is 67.7 Å². The van der Waals surface area contributed by atoms with Gasteiger partial charge < -0.3 is 14.7 Å². The SMILES string of the molecule is CN(C(=O)c1cc(C(=O)N(C)c2ccc3c(c2)c2ccccc2c2c4ccccc4nn32)cc(C(=O)N(C)c2ccc3c(c2)c2ccccc2c2c4ccccc4nn32)c1)c1ccc2c(c1)c1ccccc1c1c3ccccc3nn21. The lowest BCUT2D eigenvalue weighted by Crippen LogP contribution is -2.31. The molecule has 0 radical (unpaired) electrons. The van der Waals surface area contributed by atoms with Crippen LogP contribution < -0.4 is 14.7 Å². The summed E-state index contributed by atoms with van der Waals surface area (Å²) in [6.45, 7) is 0. The van der Waals surface area contributed by atoms with E-state index in [9.17, 15) is 0 Å². The zero-order chi connectivity index (χ0) is 54.4. The summed E-state index contributed by atoms with van der Waals surface area (Å²) in [5.41, 5.74) is 10.8. The van der Waals surface area contributed by atoms with Crippen molar-refractivity contribution in [3.05, 3.63) is 235 Å². The summed E-state index contributed by atoms with van der Waals surface area (Å²) in [7, 11) is 5.16. The van der Waals surface area contributed by atoms with Crippen LogP contribution in [0.2, 0.25) is 0 Å². The Labute approximate surface area is 461 Å². The lowest BCUT2D eigenvalue weighted by atomic mass is 10.0. The normalized spacial score (nSPS) is 12.0. The van der Waals surface area contributed by atoms with E-state index in [1.165, 1.54) is 0 Å². The summed E-state index contributed by atoms with van der Waals surface area (Å²) >= 11 is 0. The molecule has 0 atom stereocenters. The Morgan fingerprint density at radius 1 is 0.284 bits per heavy atom. The quantitative estimate of drug-likeness (QED) is 0.153. The van der Waals surface area contributed by atoms with Crippen LogP contribution in [0.5, 0.6) is 0 Å². The van der Waals surface area contributed by atoms with Crippen molar-refractivity contribution < 1.29 is 14.4 Å². The van der Waals surface area contributed by atoms with Crippen LogP contribution in [0.1, 0.15) is 31.1 Å². The maximum atomic E-state index is 15.2. The number of rotatable bonds is 6. The van der Waals surface area contributed by atoms with Crippen molar-refractivity contribution in [1.29, 1.82) is 0 Å². The highest BCUT2D eigenvalue weighted by atomic mass is 16.2. The molecule has 6 aromatic heterocycles. The van der Waals surface area contributed by atoms with Gasteiger partial charge in [-0.05, 0) is 107 Å². The van der Waals surface area contributed by atoms with Gasteiger partial charge in [-0.3, -0.25) is 14.4 Å². The Morgan fingerprint density at radius 2 is 0.531 bits per heavy atom. The van der Waals surface area contributed by atoms with Crippen LogP contribution in [0.25, 0.3) is 114 Å². The number of benzene rings is 10. The molecule has 0 aliphatic heterocycles. The first-order valence-electron chi connectivity index (χ1n) is 26.8. The van der Waals surface area contributed by atoms with Crippen molar-refractivity contribution in [1.82, 2.24) is 28.8 Å². The lowest BCUT2D eigenvalue weighted by molar-refractivity contribution is 0.0992. The van der Waals surface area contributed by atoms with E-state index in [1.54, 1.807) is 54.0 Å². The molecule has 81 heavy (non-hydrogen) atoms. The Kier molecular flexibility index (Phi) is 9.83. The van der Waals surface area contributed by atoms with Gasteiger partial charge in [0.15, 0.2) is 0 Å². The number of nitrogens with zero attached hydrogens (tertiary/aromatic N) is 9. The van der Waals surface area contributed by atoms with E-state index in [0.717, 1.165) is 114 Å². The molecular weight excluding hydrogens is 1000 g/mol. The number of pyridine rings is 3. The van der Waals surface area contributed by atoms with Gasteiger partial charge in [0, 0.05) is 103 Å². The number of anilines is 3. The minimum Gasteiger partial charge on any atom is -0.311 e. The molecular formula is C69H45N9O3. The highest BCUT2D eigenvalue weighted by Gasteiger charge is 2.26. The Bertz CT molecular complexity index is 4910. The van der Waals surface area contributed by atoms with Gasteiger partial charge in [0.25, 0.3) is 17.7 Å². The zero-order valence-electron chi connectivity index (χ0n) is 44.0. The largest absolute Gasteiger partial charge is 0.311 e. The molecule has 0 saturated heterocycles. The number of fused-ring (bicyclic) bond motifs is 24. The second kappa shape index (κ2) is 17.3. The zero-order valence-corrected chi connectivity index (χ0v) is 44.0. The summed E-state index contributed by atoms with van der Waals surface area (Å²) in [6.07, 6.45) is 0. The molecule has 0 spiro atoms. The summed E-state index contributed by atoms with van der Waals surface area (Å²) in [6, 6.07) is 71.7. The van der Waals surface area contributed by atoms with E-state index in [-0.39, 0.29) is 16.7 Å². The fourth-order valence-electron chi connectivity index (χ4n) is 12.5. The second-order valence-corrected chi connectivity index (χ2v) is 21.0. The predicted octanol–water partition coefficient (Wildman–Crippen LogP) is 14.8. The third kappa shape index (κ3) is 6.77. The Morgan fingerprint density at radius 3 is 0.815 bits per heavy atom.